The molecule has 2 aromatic heterocycles. The maximum atomic E-state index is 11.0. The van der Waals surface area contributed by atoms with Crippen molar-refractivity contribution in [2.45, 2.75) is 10.2 Å². The van der Waals surface area contributed by atoms with Crippen LogP contribution >= 0.6 is 11.8 Å². The number of nitrogens with zero attached hydrogens (tertiary/aromatic N) is 3. The van der Waals surface area contributed by atoms with Crippen LogP contribution in [0.15, 0.2) is 39.5 Å². The van der Waals surface area contributed by atoms with E-state index in [4.69, 9.17) is 5.11 Å². The predicted octanol–water partition coefficient (Wildman–Crippen LogP) is 0.409. The summed E-state index contributed by atoms with van der Waals surface area (Å²) in [5, 5.41) is 16.7. The molecule has 0 aliphatic heterocycles. The van der Waals surface area contributed by atoms with E-state index in [2.05, 4.69) is 20.2 Å². The lowest BCUT2D eigenvalue weighted by molar-refractivity contribution is 0.0692. The molecule has 2 N–H and O–H groups in total. The Morgan fingerprint density at radius 3 is 2.88 bits per heavy atom. The second-order valence-corrected chi connectivity index (χ2v) is 3.87. The summed E-state index contributed by atoms with van der Waals surface area (Å²) in [5.74, 6) is -1.11. The Kier molecular flexibility index (Phi) is 3.15. The van der Waals surface area contributed by atoms with Crippen molar-refractivity contribution in [3.05, 3.63) is 40.4 Å². The number of carbonyl (C=O) groups is 1. The molecule has 86 valence electrons. The van der Waals surface area contributed by atoms with Crippen molar-refractivity contribution >= 4 is 17.7 Å². The maximum absolute atomic E-state index is 11.0. The van der Waals surface area contributed by atoms with Crippen LogP contribution in [0.25, 0.3) is 0 Å². The molecule has 0 aromatic carbocycles. The molecular formula is C9H6N4O3S. The van der Waals surface area contributed by atoms with Gasteiger partial charge in [0, 0.05) is 12.3 Å². The molecule has 8 heteroatoms. The Bertz CT molecular complexity index is 613. The zero-order chi connectivity index (χ0) is 12.3. The zero-order valence-electron chi connectivity index (χ0n) is 8.32. The molecule has 0 aliphatic carbocycles. The molecule has 2 rings (SSSR count). The van der Waals surface area contributed by atoms with Gasteiger partial charge in [0.25, 0.3) is 5.56 Å². The zero-order valence-corrected chi connectivity index (χ0v) is 9.14. The summed E-state index contributed by atoms with van der Waals surface area (Å²) in [6.07, 6.45) is 2.62. The van der Waals surface area contributed by atoms with Crippen LogP contribution < -0.4 is 5.56 Å². The van der Waals surface area contributed by atoms with Crippen molar-refractivity contribution in [3.8, 4) is 0 Å². The van der Waals surface area contributed by atoms with E-state index < -0.39 is 5.97 Å². The predicted molar refractivity (Wildman–Crippen MR) is 58.0 cm³/mol. The van der Waals surface area contributed by atoms with E-state index in [0.29, 0.717) is 0 Å². The molecule has 0 radical (unpaired) electrons. The van der Waals surface area contributed by atoms with E-state index in [9.17, 15) is 9.59 Å². The molecule has 0 spiro atoms. The van der Waals surface area contributed by atoms with Crippen LogP contribution in [-0.4, -0.2) is 31.2 Å². The quantitative estimate of drug-likeness (QED) is 0.759. The van der Waals surface area contributed by atoms with Crippen LogP contribution in [0.2, 0.25) is 0 Å². The van der Waals surface area contributed by atoms with Crippen molar-refractivity contribution in [2.75, 3.05) is 0 Å². The van der Waals surface area contributed by atoms with E-state index in [0.717, 1.165) is 11.8 Å². The average Bonchev–Trinajstić information content (AvgIpc) is 2.29. The smallest absolute Gasteiger partial charge is 0.338 e. The third-order valence-electron chi connectivity index (χ3n) is 1.76. The van der Waals surface area contributed by atoms with E-state index in [-0.39, 0.29) is 21.3 Å². The molecule has 0 saturated heterocycles. The fourth-order valence-electron chi connectivity index (χ4n) is 1.05. The number of H-pyrrole nitrogens is 1. The van der Waals surface area contributed by atoms with Crippen LogP contribution in [0, 0.1) is 0 Å². The highest BCUT2D eigenvalue weighted by molar-refractivity contribution is 7.99. The molecule has 0 amide bonds. The summed E-state index contributed by atoms with van der Waals surface area (Å²) in [7, 11) is 0. The third kappa shape index (κ3) is 2.67. The largest absolute Gasteiger partial charge is 0.478 e. The Balaban J connectivity index is 2.36. The Hall–Kier alpha value is -2.22. The summed E-state index contributed by atoms with van der Waals surface area (Å²) in [6.45, 7) is 0. The first-order chi connectivity index (χ1) is 8.16. The van der Waals surface area contributed by atoms with E-state index in [1.807, 2.05) is 0 Å². The fraction of sp³-hybridized carbons (Fsp3) is 0. The van der Waals surface area contributed by atoms with Crippen LogP contribution in [0.1, 0.15) is 10.4 Å². The van der Waals surface area contributed by atoms with Crippen LogP contribution in [0.4, 0.5) is 0 Å². The molecule has 7 nitrogen and oxygen atoms in total. The monoisotopic (exact) mass is 250 g/mol. The molecule has 0 unspecified atom stereocenters. The fourth-order valence-corrected chi connectivity index (χ4v) is 1.85. The highest BCUT2D eigenvalue weighted by Crippen LogP contribution is 2.23. The van der Waals surface area contributed by atoms with Gasteiger partial charge in [-0.15, -0.1) is 5.10 Å². The number of hydrogen-bond acceptors (Lipinski definition) is 6. The first kappa shape index (κ1) is 11.3. The van der Waals surface area contributed by atoms with Gasteiger partial charge in [0.15, 0.2) is 5.16 Å². The van der Waals surface area contributed by atoms with E-state index in [1.165, 1.54) is 24.5 Å². The van der Waals surface area contributed by atoms with Gasteiger partial charge in [-0.25, -0.2) is 9.78 Å². The van der Waals surface area contributed by atoms with Gasteiger partial charge >= 0.3 is 5.97 Å². The van der Waals surface area contributed by atoms with Crippen LogP contribution in [0.3, 0.4) is 0 Å². The highest BCUT2D eigenvalue weighted by Gasteiger charge is 2.13. The van der Waals surface area contributed by atoms with E-state index >= 15 is 0 Å². The lowest BCUT2D eigenvalue weighted by Crippen LogP contribution is -2.06. The number of aromatic nitrogens is 4. The van der Waals surface area contributed by atoms with Crippen molar-refractivity contribution in [1.82, 2.24) is 20.2 Å². The van der Waals surface area contributed by atoms with Gasteiger partial charge in [-0.2, -0.15) is 5.10 Å². The molecule has 0 aliphatic rings. The minimum Gasteiger partial charge on any atom is -0.478 e. The molecule has 0 fully saturated rings. The summed E-state index contributed by atoms with van der Waals surface area (Å²) in [4.78, 5) is 28.3. The van der Waals surface area contributed by atoms with Gasteiger partial charge in [0.05, 0.1) is 11.8 Å². The van der Waals surface area contributed by atoms with Crippen molar-refractivity contribution in [1.29, 1.82) is 0 Å². The van der Waals surface area contributed by atoms with Crippen molar-refractivity contribution in [2.24, 2.45) is 0 Å². The third-order valence-corrected chi connectivity index (χ3v) is 2.65. The number of rotatable bonds is 3. The van der Waals surface area contributed by atoms with Gasteiger partial charge in [-0.1, -0.05) is 0 Å². The SMILES string of the molecule is O=C(O)c1ccnnc1Sc1nccc(=O)[nH]1. The standard InChI is InChI=1S/C9H6N4O3S/c14-6-2-3-10-9(12-6)17-7-5(8(15)16)1-4-11-13-7/h1-4H,(H,15,16)(H,10,12,14). The summed E-state index contributed by atoms with van der Waals surface area (Å²) in [6, 6.07) is 2.59. The topological polar surface area (TPSA) is 109 Å². The summed E-state index contributed by atoms with van der Waals surface area (Å²) in [5.41, 5.74) is -0.306. The number of carboxylic acids is 1. The molecule has 2 aromatic rings. The van der Waals surface area contributed by atoms with Gasteiger partial charge in [-0.3, -0.25) is 4.79 Å². The van der Waals surface area contributed by atoms with Gasteiger partial charge in [0.2, 0.25) is 0 Å². The molecular weight excluding hydrogens is 244 g/mol. The Morgan fingerprint density at radius 1 is 1.35 bits per heavy atom. The molecule has 0 atom stereocenters. The normalized spacial score (nSPS) is 10.1. The highest BCUT2D eigenvalue weighted by atomic mass is 32.2. The first-order valence-electron chi connectivity index (χ1n) is 4.45. The van der Waals surface area contributed by atoms with Crippen molar-refractivity contribution in [3.63, 3.8) is 0 Å². The minimum atomic E-state index is -1.11. The minimum absolute atomic E-state index is 0.0107. The summed E-state index contributed by atoms with van der Waals surface area (Å²) < 4.78 is 0. The molecule has 2 heterocycles. The average molecular weight is 250 g/mol. The maximum Gasteiger partial charge on any atom is 0.338 e. The molecule has 0 bridgehead atoms. The van der Waals surface area contributed by atoms with Gasteiger partial charge in [-0.05, 0) is 17.8 Å². The Morgan fingerprint density at radius 2 is 2.18 bits per heavy atom. The molecule has 17 heavy (non-hydrogen) atoms. The van der Waals surface area contributed by atoms with E-state index in [1.54, 1.807) is 0 Å². The second-order valence-electron chi connectivity index (χ2n) is 2.90. The van der Waals surface area contributed by atoms with Crippen molar-refractivity contribution < 1.29 is 9.90 Å². The first-order valence-corrected chi connectivity index (χ1v) is 5.26. The number of hydrogen-bond donors (Lipinski definition) is 2. The molecule has 0 saturated carbocycles. The lowest BCUT2D eigenvalue weighted by Gasteiger charge is -2.01. The van der Waals surface area contributed by atoms with Crippen LogP contribution in [-0.2, 0) is 0 Å². The number of carboxylic acid groups (broad SMARTS) is 1. The number of nitrogens with one attached hydrogen (secondary N) is 1. The summed E-state index contributed by atoms with van der Waals surface area (Å²) >= 11 is 0.936. The van der Waals surface area contributed by atoms with Gasteiger partial charge in [0.1, 0.15) is 5.03 Å². The number of aromatic carboxylic acids is 1. The Labute approximate surface area is 98.9 Å². The number of aromatic amines is 1. The lowest BCUT2D eigenvalue weighted by atomic mass is 10.3. The van der Waals surface area contributed by atoms with Crippen LogP contribution in [0.5, 0.6) is 0 Å². The van der Waals surface area contributed by atoms with Gasteiger partial charge < -0.3 is 10.1 Å². The second kappa shape index (κ2) is 4.74.